The van der Waals surface area contributed by atoms with Gasteiger partial charge in [0.1, 0.15) is 0 Å². The molecule has 21 heavy (non-hydrogen) atoms. The van der Waals surface area contributed by atoms with E-state index in [4.69, 9.17) is 0 Å². The van der Waals surface area contributed by atoms with Crippen molar-refractivity contribution in [3.8, 4) is 0 Å². The maximum Gasteiger partial charge on any atom is 0.171 e. The van der Waals surface area contributed by atoms with Crippen LogP contribution in [0.4, 0.5) is 0 Å². The topological polar surface area (TPSA) is 17.1 Å². The zero-order chi connectivity index (χ0) is 13.8. The second-order valence-electron chi connectivity index (χ2n) is 4.62. The molecule has 1 radical (unpaired) electrons. The monoisotopic (exact) mass is 301 g/mol. The number of hydrogen-bond acceptors (Lipinski definition) is 1. The Morgan fingerprint density at radius 2 is 0.714 bits per heavy atom. The normalized spacial score (nSPS) is 10.7. The SMILES string of the molecule is O=P(c1ccccc1)(c1ccccc1)c1ccccc1.[Na]. The van der Waals surface area contributed by atoms with Crippen LogP contribution in [0, 0.1) is 0 Å². The number of benzene rings is 3. The molecule has 0 amide bonds. The van der Waals surface area contributed by atoms with Crippen LogP contribution in [-0.2, 0) is 4.57 Å². The van der Waals surface area contributed by atoms with Gasteiger partial charge in [0.25, 0.3) is 0 Å². The van der Waals surface area contributed by atoms with Gasteiger partial charge < -0.3 is 4.57 Å². The van der Waals surface area contributed by atoms with Crippen molar-refractivity contribution in [3.05, 3.63) is 91.0 Å². The van der Waals surface area contributed by atoms with Crippen LogP contribution < -0.4 is 15.9 Å². The molecule has 1 nitrogen and oxygen atoms in total. The minimum absolute atomic E-state index is 0. The minimum Gasteiger partial charge on any atom is -0.309 e. The third-order valence-corrected chi connectivity index (χ3v) is 6.44. The molecule has 0 saturated heterocycles. The summed E-state index contributed by atoms with van der Waals surface area (Å²) < 4.78 is 13.8. The van der Waals surface area contributed by atoms with Crippen molar-refractivity contribution in [1.29, 1.82) is 0 Å². The Kier molecular flexibility index (Phi) is 5.61. The predicted molar refractivity (Wildman–Crippen MR) is 91.6 cm³/mol. The molecular weight excluding hydrogens is 286 g/mol. The average molecular weight is 301 g/mol. The Morgan fingerprint density at radius 1 is 0.476 bits per heavy atom. The van der Waals surface area contributed by atoms with E-state index in [2.05, 4.69) is 0 Å². The maximum atomic E-state index is 13.8. The molecule has 0 spiro atoms. The van der Waals surface area contributed by atoms with Crippen LogP contribution in [0.15, 0.2) is 91.0 Å². The zero-order valence-electron chi connectivity index (χ0n) is 12.0. The van der Waals surface area contributed by atoms with Crippen molar-refractivity contribution >= 4 is 52.6 Å². The average Bonchev–Trinajstić information content (AvgIpc) is 2.56. The molecule has 0 N–H and O–H groups in total. The van der Waals surface area contributed by atoms with Crippen LogP contribution in [0.2, 0.25) is 0 Å². The smallest absolute Gasteiger partial charge is 0.171 e. The summed E-state index contributed by atoms with van der Waals surface area (Å²) in [7, 11) is -2.78. The van der Waals surface area contributed by atoms with Crippen molar-refractivity contribution in [2.45, 2.75) is 0 Å². The molecule has 3 aromatic carbocycles. The van der Waals surface area contributed by atoms with Crippen molar-refractivity contribution in [2.24, 2.45) is 0 Å². The number of hydrogen-bond donors (Lipinski definition) is 0. The largest absolute Gasteiger partial charge is 0.309 e. The summed E-state index contributed by atoms with van der Waals surface area (Å²) in [6, 6.07) is 29.1. The van der Waals surface area contributed by atoms with Gasteiger partial charge in [0.05, 0.1) is 0 Å². The molecule has 0 heterocycles. The van der Waals surface area contributed by atoms with E-state index < -0.39 is 7.14 Å². The fourth-order valence-electron chi connectivity index (χ4n) is 2.36. The Balaban J connectivity index is 0.00000161. The molecule has 3 aromatic rings. The van der Waals surface area contributed by atoms with Gasteiger partial charge in [0, 0.05) is 45.5 Å². The first kappa shape index (κ1) is 16.3. The molecule has 0 aliphatic carbocycles. The fraction of sp³-hybridized carbons (Fsp3) is 0. The second kappa shape index (κ2) is 7.24. The first-order valence-corrected chi connectivity index (χ1v) is 8.29. The Morgan fingerprint density at radius 3 is 0.952 bits per heavy atom. The predicted octanol–water partition coefficient (Wildman–Crippen LogP) is 2.95. The Hall–Kier alpha value is -1.11. The van der Waals surface area contributed by atoms with Crippen molar-refractivity contribution in [2.75, 3.05) is 0 Å². The fourth-order valence-corrected chi connectivity index (χ4v) is 5.03. The molecule has 3 rings (SSSR count). The summed E-state index contributed by atoms with van der Waals surface area (Å²) in [4.78, 5) is 0. The van der Waals surface area contributed by atoms with E-state index in [1.54, 1.807) is 0 Å². The van der Waals surface area contributed by atoms with Crippen molar-refractivity contribution < 1.29 is 4.57 Å². The van der Waals surface area contributed by atoms with Gasteiger partial charge in [0.15, 0.2) is 7.14 Å². The first-order valence-electron chi connectivity index (χ1n) is 6.59. The Bertz CT molecular complexity index is 624. The summed E-state index contributed by atoms with van der Waals surface area (Å²) in [5, 5.41) is 2.62. The molecular formula is C18H15NaOP. The summed E-state index contributed by atoms with van der Waals surface area (Å²) in [6.45, 7) is 0. The van der Waals surface area contributed by atoms with Crippen molar-refractivity contribution in [3.63, 3.8) is 0 Å². The molecule has 3 heteroatoms. The van der Waals surface area contributed by atoms with Crippen LogP contribution in [0.5, 0.6) is 0 Å². The molecule has 0 bridgehead atoms. The molecule has 0 aromatic heterocycles. The van der Waals surface area contributed by atoms with E-state index in [9.17, 15) is 4.57 Å². The van der Waals surface area contributed by atoms with Gasteiger partial charge in [-0.15, -0.1) is 0 Å². The second-order valence-corrected chi connectivity index (χ2v) is 7.38. The van der Waals surface area contributed by atoms with Gasteiger partial charge in [-0.1, -0.05) is 91.0 Å². The molecule has 0 saturated carbocycles. The van der Waals surface area contributed by atoms with E-state index in [1.807, 2.05) is 91.0 Å². The van der Waals surface area contributed by atoms with Crippen LogP contribution in [0.3, 0.4) is 0 Å². The van der Waals surface area contributed by atoms with Crippen LogP contribution in [0.25, 0.3) is 0 Å². The summed E-state index contributed by atoms with van der Waals surface area (Å²) >= 11 is 0. The molecule has 99 valence electrons. The van der Waals surface area contributed by atoms with Crippen molar-refractivity contribution in [1.82, 2.24) is 0 Å². The molecule has 0 aliphatic rings. The van der Waals surface area contributed by atoms with Gasteiger partial charge in [-0.25, -0.2) is 0 Å². The molecule has 0 fully saturated rings. The quantitative estimate of drug-likeness (QED) is 0.537. The molecule has 0 aliphatic heterocycles. The van der Waals surface area contributed by atoms with E-state index in [0.29, 0.717) is 0 Å². The maximum absolute atomic E-state index is 13.8. The Labute approximate surface area is 147 Å². The van der Waals surface area contributed by atoms with Gasteiger partial charge in [0.2, 0.25) is 0 Å². The molecule has 0 atom stereocenters. The van der Waals surface area contributed by atoms with E-state index >= 15 is 0 Å². The van der Waals surface area contributed by atoms with Gasteiger partial charge in [-0.05, 0) is 0 Å². The third kappa shape index (κ3) is 3.22. The van der Waals surface area contributed by atoms with Gasteiger partial charge in [-0.3, -0.25) is 0 Å². The standard InChI is InChI=1S/C18H15OP.Na/c19-20(16-10-4-1-5-11-16,17-12-6-2-7-13-17)18-14-8-3-9-15-18;/h1-15H;. The first-order chi connectivity index (χ1) is 9.82. The van der Waals surface area contributed by atoms with E-state index in [0.717, 1.165) is 15.9 Å². The van der Waals surface area contributed by atoms with E-state index in [1.165, 1.54) is 0 Å². The van der Waals surface area contributed by atoms with E-state index in [-0.39, 0.29) is 29.6 Å². The van der Waals surface area contributed by atoms with Crippen LogP contribution in [0.1, 0.15) is 0 Å². The summed E-state index contributed by atoms with van der Waals surface area (Å²) in [5.74, 6) is 0. The van der Waals surface area contributed by atoms with Gasteiger partial charge >= 0.3 is 0 Å². The van der Waals surface area contributed by atoms with Crippen LogP contribution in [-0.4, -0.2) is 29.6 Å². The van der Waals surface area contributed by atoms with Crippen LogP contribution >= 0.6 is 7.14 Å². The minimum atomic E-state index is -2.78. The summed E-state index contributed by atoms with van der Waals surface area (Å²) in [5.41, 5.74) is 0. The van der Waals surface area contributed by atoms with Gasteiger partial charge in [-0.2, -0.15) is 0 Å². The number of rotatable bonds is 3. The third-order valence-electron chi connectivity index (χ3n) is 3.36. The zero-order valence-corrected chi connectivity index (χ0v) is 14.9. The summed E-state index contributed by atoms with van der Waals surface area (Å²) in [6.07, 6.45) is 0. The molecule has 0 unspecified atom stereocenters.